The molecule has 0 fully saturated rings. The highest BCUT2D eigenvalue weighted by Crippen LogP contribution is 2.31. The van der Waals surface area contributed by atoms with Crippen LogP contribution in [0.3, 0.4) is 0 Å². The zero-order valence-electron chi connectivity index (χ0n) is 12.1. The van der Waals surface area contributed by atoms with Crippen molar-refractivity contribution in [2.45, 2.75) is 26.2 Å². The maximum absolute atomic E-state index is 6.05. The van der Waals surface area contributed by atoms with Crippen molar-refractivity contribution < 1.29 is 4.74 Å². The molecule has 3 nitrogen and oxygen atoms in total. The number of nitrogens with two attached hydrogens (primary N) is 1. The van der Waals surface area contributed by atoms with E-state index in [1.807, 2.05) is 18.2 Å². The molecule has 0 aliphatic carbocycles. The largest absolute Gasteiger partial charge is 0.495 e. The molecule has 3 N–H and O–H groups in total. The molecule has 3 heteroatoms. The number of unbranched alkanes of at least 4 members (excludes halogenated alkanes) is 1. The van der Waals surface area contributed by atoms with Crippen LogP contribution in [-0.2, 0) is 6.42 Å². The van der Waals surface area contributed by atoms with E-state index in [4.69, 9.17) is 10.5 Å². The Morgan fingerprint density at radius 1 is 1.10 bits per heavy atom. The molecule has 0 heterocycles. The number of hydrogen-bond donors (Lipinski definition) is 2. The summed E-state index contributed by atoms with van der Waals surface area (Å²) in [6, 6.07) is 14.2. The van der Waals surface area contributed by atoms with E-state index in [2.05, 4.69) is 36.5 Å². The molecule has 0 aliphatic rings. The summed E-state index contributed by atoms with van der Waals surface area (Å²) in [5.41, 5.74) is 9.95. The van der Waals surface area contributed by atoms with Crippen LogP contribution in [0.4, 0.5) is 17.1 Å². The van der Waals surface area contributed by atoms with Crippen LogP contribution in [0.1, 0.15) is 25.3 Å². The van der Waals surface area contributed by atoms with E-state index < -0.39 is 0 Å². The number of ether oxygens (including phenoxy) is 1. The predicted molar refractivity (Wildman–Crippen MR) is 85.7 cm³/mol. The Morgan fingerprint density at radius 2 is 1.85 bits per heavy atom. The van der Waals surface area contributed by atoms with Crippen LogP contribution in [0, 0.1) is 0 Å². The zero-order chi connectivity index (χ0) is 14.4. The van der Waals surface area contributed by atoms with E-state index in [0.717, 1.165) is 17.8 Å². The second-order valence-electron chi connectivity index (χ2n) is 4.85. The van der Waals surface area contributed by atoms with E-state index in [-0.39, 0.29) is 0 Å². The average Bonchev–Trinajstić information content (AvgIpc) is 2.48. The molecule has 20 heavy (non-hydrogen) atoms. The molecule has 0 spiro atoms. The summed E-state index contributed by atoms with van der Waals surface area (Å²) in [6.07, 6.45) is 3.59. The summed E-state index contributed by atoms with van der Waals surface area (Å²) >= 11 is 0. The molecule has 0 aliphatic heterocycles. The number of aryl methyl sites for hydroxylation is 1. The highest BCUT2D eigenvalue weighted by Gasteiger charge is 2.05. The lowest BCUT2D eigenvalue weighted by Gasteiger charge is -2.12. The van der Waals surface area contributed by atoms with Gasteiger partial charge in [-0.3, -0.25) is 0 Å². The minimum atomic E-state index is 0.630. The second kappa shape index (κ2) is 6.85. The molecule has 2 rings (SSSR count). The summed E-state index contributed by atoms with van der Waals surface area (Å²) in [6.45, 7) is 2.21. The first kappa shape index (κ1) is 14.3. The molecule has 0 saturated heterocycles. The monoisotopic (exact) mass is 270 g/mol. The number of nitrogens with one attached hydrogen (secondary N) is 1. The maximum Gasteiger partial charge on any atom is 0.143 e. The van der Waals surface area contributed by atoms with Gasteiger partial charge in [-0.25, -0.2) is 0 Å². The number of rotatable bonds is 6. The van der Waals surface area contributed by atoms with Gasteiger partial charge in [0.2, 0.25) is 0 Å². The van der Waals surface area contributed by atoms with Crippen LogP contribution in [-0.4, -0.2) is 7.11 Å². The lowest BCUT2D eigenvalue weighted by molar-refractivity contribution is 0.417. The minimum absolute atomic E-state index is 0.630. The minimum Gasteiger partial charge on any atom is -0.495 e. The van der Waals surface area contributed by atoms with Crippen LogP contribution in [0.5, 0.6) is 5.75 Å². The Morgan fingerprint density at radius 3 is 2.50 bits per heavy atom. The van der Waals surface area contributed by atoms with Crippen molar-refractivity contribution in [1.29, 1.82) is 0 Å². The van der Waals surface area contributed by atoms with E-state index in [0.29, 0.717) is 11.4 Å². The molecule has 0 atom stereocenters. The van der Waals surface area contributed by atoms with Gasteiger partial charge in [0.05, 0.1) is 18.5 Å². The molecule has 0 aromatic heterocycles. The van der Waals surface area contributed by atoms with Gasteiger partial charge in [0.25, 0.3) is 0 Å². The van der Waals surface area contributed by atoms with Gasteiger partial charge in [0.15, 0.2) is 0 Å². The fourth-order valence-electron chi connectivity index (χ4n) is 2.12. The smallest absolute Gasteiger partial charge is 0.143 e. The third-order valence-corrected chi connectivity index (χ3v) is 3.34. The molecule has 0 bridgehead atoms. The maximum atomic E-state index is 6.05. The summed E-state index contributed by atoms with van der Waals surface area (Å²) in [5, 5.41) is 3.33. The number of methoxy groups -OCH3 is 1. The van der Waals surface area contributed by atoms with Crippen molar-refractivity contribution in [3.05, 3.63) is 48.0 Å². The molecule has 2 aromatic carbocycles. The van der Waals surface area contributed by atoms with E-state index in [1.54, 1.807) is 7.11 Å². The summed E-state index contributed by atoms with van der Waals surface area (Å²) < 4.78 is 5.22. The number of para-hydroxylation sites is 1. The number of hydrogen-bond acceptors (Lipinski definition) is 3. The first-order valence-corrected chi connectivity index (χ1v) is 7.03. The molecular formula is C17H22N2O. The SMILES string of the molecule is CCCCc1ccc(Nc2cccc(OC)c2N)cc1. The Hall–Kier alpha value is -2.16. The zero-order valence-corrected chi connectivity index (χ0v) is 12.1. The van der Waals surface area contributed by atoms with Crippen molar-refractivity contribution in [2.24, 2.45) is 0 Å². The summed E-state index contributed by atoms with van der Waals surface area (Å²) in [7, 11) is 1.62. The van der Waals surface area contributed by atoms with Gasteiger partial charge in [-0.05, 0) is 42.7 Å². The molecule has 0 unspecified atom stereocenters. The molecule has 0 saturated carbocycles. The topological polar surface area (TPSA) is 47.3 Å². The highest BCUT2D eigenvalue weighted by molar-refractivity contribution is 5.77. The predicted octanol–water partition coefficient (Wildman–Crippen LogP) is 4.36. The van der Waals surface area contributed by atoms with Crippen LogP contribution in [0.2, 0.25) is 0 Å². The molecule has 2 aromatic rings. The Kier molecular flexibility index (Phi) is 4.88. The van der Waals surface area contributed by atoms with Gasteiger partial charge in [-0.2, -0.15) is 0 Å². The van der Waals surface area contributed by atoms with Crippen molar-refractivity contribution >= 4 is 17.1 Å². The van der Waals surface area contributed by atoms with Crippen molar-refractivity contribution in [1.82, 2.24) is 0 Å². The number of nitrogen functional groups attached to an aromatic ring is 1. The standard InChI is InChI=1S/C17H22N2O/c1-3-4-6-13-9-11-14(12-10-13)19-15-7-5-8-16(20-2)17(15)18/h5,7-12,19H,3-4,6,18H2,1-2H3. The highest BCUT2D eigenvalue weighted by atomic mass is 16.5. The van der Waals surface area contributed by atoms with Crippen molar-refractivity contribution in [3.8, 4) is 5.75 Å². The Balaban J connectivity index is 2.10. The average molecular weight is 270 g/mol. The summed E-state index contributed by atoms with van der Waals surface area (Å²) in [5.74, 6) is 0.689. The van der Waals surface area contributed by atoms with E-state index in [1.165, 1.54) is 18.4 Å². The fraction of sp³-hybridized carbons (Fsp3) is 0.294. The van der Waals surface area contributed by atoms with Gasteiger partial charge in [0.1, 0.15) is 5.75 Å². The van der Waals surface area contributed by atoms with E-state index in [9.17, 15) is 0 Å². The first-order valence-electron chi connectivity index (χ1n) is 7.03. The van der Waals surface area contributed by atoms with Gasteiger partial charge in [0, 0.05) is 5.69 Å². The Bertz CT molecular complexity index is 549. The molecule has 0 radical (unpaired) electrons. The van der Waals surface area contributed by atoms with Crippen molar-refractivity contribution in [3.63, 3.8) is 0 Å². The fourth-order valence-corrected chi connectivity index (χ4v) is 2.12. The van der Waals surface area contributed by atoms with Crippen LogP contribution in [0.15, 0.2) is 42.5 Å². The number of benzene rings is 2. The third-order valence-electron chi connectivity index (χ3n) is 3.34. The number of anilines is 3. The van der Waals surface area contributed by atoms with Gasteiger partial charge >= 0.3 is 0 Å². The first-order chi connectivity index (χ1) is 9.74. The third kappa shape index (κ3) is 3.44. The quantitative estimate of drug-likeness (QED) is 0.766. The van der Waals surface area contributed by atoms with Gasteiger partial charge < -0.3 is 15.8 Å². The molecular weight excluding hydrogens is 248 g/mol. The lowest BCUT2D eigenvalue weighted by Crippen LogP contribution is -1.99. The van der Waals surface area contributed by atoms with Gasteiger partial charge in [-0.1, -0.05) is 31.5 Å². The van der Waals surface area contributed by atoms with Crippen molar-refractivity contribution in [2.75, 3.05) is 18.2 Å². The molecule has 0 amide bonds. The lowest BCUT2D eigenvalue weighted by atomic mass is 10.1. The van der Waals surface area contributed by atoms with Gasteiger partial charge in [-0.15, -0.1) is 0 Å². The second-order valence-corrected chi connectivity index (χ2v) is 4.85. The van der Waals surface area contributed by atoms with Crippen LogP contribution < -0.4 is 15.8 Å². The van der Waals surface area contributed by atoms with Crippen LogP contribution >= 0.6 is 0 Å². The molecule has 106 valence electrons. The summed E-state index contributed by atoms with van der Waals surface area (Å²) in [4.78, 5) is 0. The Labute approximate surface area is 120 Å². The normalized spacial score (nSPS) is 10.3. The van der Waals surface area contributed by atoms with Crippen LogP contribution in [0.25, 0.3) is 0 Å². The van der Waals surface area contributed by atoms with E-state index >= 15 is 0 Å².